The molecule has 0 heterocycles. The van der Waals surface area contributed by atoms with Crippen LogP contribution in [-0.2, 0) is 4.79 Å². The number of carbonyl (C=O) groups is 1. The summed E-state index contributed by atoms with van der Waals surface area (Å²) in [6.45, 7) is 4.39. The lowest BCUT2D eigenvalue weighted by Crippen LogP contribution is -2.04. The van der Waals surface area contributed by atoms with E-state index < -0.39 is 0 Å². The normalized spacial score (nSPS) is 18.8. The predicted octanol–water partition coefficient (Wildman–Crippen LogP) is 2.71. The van der Waals surface area contributed by atoms with Crippen LogP contribution >= 0.6 is 0 Å². The van der Waals surface area contributed by atoms with Gasteiger partial charge in [0, 0.05) is 6.42 Å². The minimum atomic E-state index is 0.326. The van der Waals surface area contributed by atoms with Crippen molar-refractivity contribution in [3.05, 3.63) is 11.6 Å². The molecule has 1 rings (SSSR count). The second kappa shape index (κ2) is 3.70. The van der Waals surface area contributed by atoms with E-state index in [1.807, 2.05) is 6.08 Å². The summed E-state index contributed by atoms with van der Waals surface area (Å²) in [7, 11) is 0. The minimum absolute atomic E-state index is 0.326. The lowest BCUT2D eigenvalue weighted by atomic mass is 9.92. The highest BCUT2D eigenvalue weighted by atomic mass is 16.1. The lowest BCUT2D eigenvalue weighted by molar-refractivity contribution is -0.115. The van der Waals surface area contributed by atoms with Crippen LogP contribution in [0.4, 0.5) is 0 Å². The molecule has 0 spiro atoms. The highest BCUT2D eigenvalue weighted by molar-refractivity contribution is 5.91. The van der Waals surface area contributed by atoms with Crippen LogP contribution in [0.1, 0.15) is 39.5 Å². The van der Waals surface area contributed by atoms with Gasteiger partial charge in [0.15, 0.2) is 5.78 Å². The Kier molecular flexibility index (Phi) is 2.86. The van der Waals surface area contributed by atoms with E-state index in [1.54, 1.807) is 0 Å². The average molecular weight is 152 g/mol. The molecule has 1 heteroatoms. The molecule has 0 saturated heterocycles. The molecular weight excluding hydrogens is 136 g/mol. The summed E-state index contributed by atoms with van der Waals surface area (Å²) in [5.74, 6) is 1.01. The quantitative estimate of drug-likeness (QED) is 0.594. The fourth-order valence-electron chi connectivity index (χ4n) is 1.55. The first-order chi connectivity index (χ1) is 5.18. The van der Waals surface area contributed by atoms with Crippen molar-refractivity contribution in [1.82, 2.24) is 0 Å². The molecule has 0 bridgehead atoms. The van der Waals surface area contributed by atoms with Gasteiger partial charge in [-0.25, -0.2) is 0 Å². The van der Waals surface area contributed by atoms with E-state index >= 15 is 0 Å². The van der Waals surface area contributed by atoms with Crippen LogP contribution in [0.3, 0.4) is 0 Å². The molecule has 0 N–H and O–H groups in total. The smallest absolute Gasteiger partial charge is 0.155 e. The van der Waals surface area contributed by atoms with Gasteiger partial charge in [0.25, 0.3) is 0 Å². The number of carbonyl (C=O) groups excluding carboxylic acids is 1. The minimum Gasteiger partial charge on any atom is -0.295 e. The molecule has 62 valence electrons. The number of hydrogen-bond acceptors (Lipinski definition) is 1. The molecular formula is C10H16O. The van der Waals surface area contributed by atoms with Gasteiger partial charge in [-0.3, -0.25) is 4.79 Å². The number of hydrogen-bond donors (Lipinski definition) is 0. The number of rotatable bonds is 2. The van der Waals surface area contributed by atoms with Gasteiger partial charge < -0.3 is 0 Å². The van der Waals surface area contributed by atoms with Gasteiger partial charge in [0.05, 0.1) is 0 Å². The third-order valence-electron chi connectivity index (χ3n) is 1.96. The Morgan fingerprint density at radius 1 is 1.45 bits per heavy atom. The van der Waals surface area contributed by atoms with Crippen molar-refractivity contribution < 1.29 is 4.79 Å². The topological polar surface area (TPSA) is 17.1 Å². The van der Waals surface area contributed by atoms with E-state index in [2.05, 4.69) is 13.8 Å². The van der Waals surface area contributed by atoms with Gasteiger partial charge in [-0.15, -0.1) is 0 Å². The Morgan fingerprint density at radius 2 is 2.18 bits per heavy atom. The van der Waals surface area contributed by atoms with E-state index in [9.17, 15) is 4.79 Å². The van der Waals surface area contributed by atoms with E-state index in [1.165, 1.54) is 5.57 Å². The third kappa shape index (κ3) is 2.87. The van der Waals surface area contributed by atoms with E-state index in [0.717, 1.165) is 25.7 Å². The van der Waals surface area contributed by atoms with Crippen molar-refractivity contribution in [3.8, 4) is 0 Å². The summed E-state index contributed by atoms with van der Waals surface area (Å²) in [5, 5.41) is 0. The predicted molar refractivity (Wildman–Crippen MR) is 46.4 cm³/mol. The van der Waals surface area contributed by atoms with Gasteiger partial charge in [-0.2, -0.15) is 0 Å². The van der Waals surface area contributed by atoms with E-state index in [-0.39, 0.29) is 0 Å². The van der Waals surface area contributed by atoms with Crippen LogP contribution < -0.4 is 0 Å². The Labute approximate surface area is 68.5 Å². The van der Waals surface area contributed by atoms with Gasteiger partial charge in [-0.1, -0.05) is 19.4 Å². The highest BCUT2D eigenvalue weighted by Gasteiger charge is 2.10. The van der Waals surface area contributed by atoms with Gasteiger partial charge in [0.1, 0.15) is 0 Å². The van der Waals surface area contributed by atoms with Crippen molar-refractivity contribution in [2.24, 2.45) is 5.92 Å². The first-order valence-corrected chi connectivity index (χ1v) is 4.41. The maximum Gasteiger partial charge on any atom is 0.155 e. The first kappa shape index (κ1) is 8.51. The highest BCUT2D eigenvalue weighted by Crippen LogP contribution is 2.21. The van der Waals surface area contributed by atoms with E-state index in [4.69, 9.17) is 0 Å². The Balaban J connectivity index is 2.50. The van der Waals surface area contributed by atoms with Crippen LogP contribution in [0.25, 0.3) is 0 Å². The lowest BCUT2D eigenvalue weighted by Gasteiger charge is -2.13. The first-order valence-electron chi connectivity index (χ1n) is 4.41. The van der Waals surface area contributed by atoms with Crippen molar-refractivity contribution in [1.29, 1.82) is 0 Å². The fourth-order valence-corrected chi connectivity index (χ4v) is 1.55. The monoisotopic (exact) mass is 152 g/mol. The molecule has 0 amide bonds. The molecule has 0 radical (unpaired) electrons. The maximum atomic E-state index is 11.0. The van der Waals surface area contributed by atoms with Gasteiger partial charge >= 0.3 is 0 Å². The third-order valence-corrected chi connectivity index (χ3v) is 1.96. The zero-order valence-corrected chi connectivity index (χ0v) is 7.39. The molecule has 1 aliphatic carbocycles. The molecule has 0 atom stereocenters. The molecule has 0 fully saturated rings. The van der Waals surface area contributed by atoms with Crippen LogP contribution in [0, 0.1) is 5.92 Å². The van der Waals surface area contributed by atoms with Crippen LogP contribution in [0.2, 0.25) is 0 Å². The standard InChI is InChI=1S/C10H16O/c1-8(2)6-9-4-3-5-10(11)7-9/h7-8H,3-6H2,1-2H3. The SMILES string of the molecule is CC(C)CC1=CC(=O)CCC1. The van der Waals surface area contributed by atoms with E-state index in [0.29, 0.717) is 11.7 Å². The number of ketones is 1. The summed E-state index contributed by atoms with van der Waals surface area (Å²) in [5.41, 5.74) is 1.36. The Morgan fingerprint density at radius 3 is 2.73 bits per heavy atom. The largest absolute Gasteiger partial charge is 0.295 e. The summed E-state index contributed by atoms with van der Waals surface area (Å²) >= 11 is 0. The van der Waals surface area contributed by atoms with Crippen LogP contribution in [0.15, 0.2) is 11.6 Å². The van der Waals surface area contributed by atoms with Crippen LogP contribution in [-0.4, -0.2) is 5.78 Å². The Bertz CT molecular complexity index is 177. The summed E-state index contributed by atoms with van der Waals surface area (Å²) in [4.78, 5) is 11.0. The van der Waals surface area contributed by atoms with Crippen molar-refractivity contribution in [3.63, 3.8) is 0 Å². The zero-order valence-electron chi connectivity index (χ0n) is 7.39. The van der Waals surface area contributed by atoms with Crippen molar-refractivity contribution in [2.75, 3.05) is 0 Å². The van der Waals surface area contributed by atoms with Gasteiger partial charge in [-0.05, 0) is 31.3 Å². The second-order valence-electron chi connectivity index (χ2n) is 3.72. The molecule has 1 nitrogen and oxygen atoms in total. The summed E-state index contributed by atoms with van der Waals surface area (Å²) in [6.07, 6.45) is 5.93. The fraction of sp³-hybridized carbons (Fsp3) is 0.700. The maximum absolute atomic E-state index is 11.0. The molecule has 0 unspecified atom stereocenters. The molecule has 0 aromatic rings. The van der Waals surface area contributed by atoms with Gasteiger partial charge in [0.2, 0.25) is 0 Å². The molecule has 11 heavy (non-hydrogen) atoms. The van der Waals surface area contributed by atoms with Crippen LogP contribution in [0.5, 0.6) is 0 Å². The van der Waals surface area contributed by atoms with Crippen molar-refractivity contribution in [2.45, 2.75) is 39.5 Å². The molecule has 1 aliphatic rings. The second-order valence-corrected chi connectivity index (χ2v) is 3.72. The summed E-state index contributed by atoms with van der Waals surface area (Å²) in [6, 6.07) is 0. The molecule has 0 aliphatic heterocycles. The average Bonchev–Trinajstić information content (AvgIpc) is 1.85. The molecule has 0 aromatic heterocycles. The number of allylic oxidation sites excluding steroid dienone is 2. The Hall–Kier alpha value is -0.590. The summed E-state index contributed by atoms with van der Waals surface area (Å²) < 4.78 is 0. The van der Waals surface area contributed by atoms with Crippen molar-refractivity contribution >= 4 is 5.78 Å². The zero-order chi connectivity index (χ0) is 8.27. The molecule has 0 saturated carbocycles. The molecule has 0 aromatic carbocycles.